The summed E-state index contributed by atoms with van der Waals surface area (Å²) in [5, 5.41) is 3.86. The standard InChI is InChI=1S/C19H15ClF3N3OS/c1-26-16(12-2-6-14(20)7-3-12)10-24-18(26)28-11-17(27)25-15-8-4-13(5-9-15)19(21,22)23/h2-10H,11H2,1H3,(H,25,27). The van der Waals surface area contributed by atoms with E-state index < -0.39 is 11.7 Å². The van der Waals surface area contributed by atoms with Crippen molar-refractivity contribution >= 4 is 35.0 Å². The van der Waals surface area contributed by atoms with E-state index in [2.05, 4.69) is 10.3 Å². The first-order valence-corrected chi connectivity index (χ1v) is 9.48. The van der Waals surface area contributed by atoms with Gasteiger partial charge in [0.1, 0.15) is 0 Å². The molecule has 0 spiro atoms. The number of rotatable bonds is 5. The van der Waals surface area contributed by atoms with E-state index in [1.165, 1.54) is 23.9 Å². The molecule has 0 radical (unpaired) electrons. The van der Waals surface area contributed by atoms with Crippen LogP contribution in [0.2, 0.25) is 5.02 Å². The molecule has 3 aromatic rings. The van der Waals surface area contributed by atoms with Gasteiger partial charge in [-0.25, -0.2) is 4.98 Å². The molecule has 0 saturated heterocycles. The van der Waals surface area contributed by atoms with E-state index in [-0.39, 0.29) is 11.7 Å². The van der Waals surface area contributed by atoms with Gasteiger partial charge < -0.3 is 9.88 Å². The lowest BCUT2D eigenvalue weighted by Crippen LogP contribution is -2.14. The van der Waals surface area contributed by atoms with Gasteiger partial charge >= 0.3 is 6.18 Å². The Kier molecular flexibility index (Phi) is 6.00. The topological polar surface area (TPSA) is 46.9 Å². The Labute approximate surface area is 168 Å². The van der Waals surface area contributed by atoms with Crippen LogP contribution in [-0.4, -0.2) is 21.2 Å². The number of anilines is 1. The summed E-state index contributed by atoms with van der Waals surface area (Å²) in [7, 11) is 1.84. The summed E-state index contributed by atoms with van der Waals surface area (Å²) in [6, 6.07) is 11.6. The van der Waals surface area contributed by atoms with Crippen LogP contribution in [0.5, 0.6) is 0 Å². The third kappa shape index (κ3) is 4.88. The van der Waals surface area contributed by atoms with Crippen molar-refractivity contribution in [1.82, 2.24) is 9.55 Å². The zero-order valence-corrected chi connectivity index (χ0v) is 16.2. The van der Waals surface area contributed by atoms with Crippen LogP contribution in [-0.2, 0) is 18.0 Å². The first kappa shape index (κ1) is 20.3. The summed E-state index contributed by atoms with van der Waals surface area (Å²) in [5.74, 6) is -0.257. The van der Waals surface area contributed by atoms with Crippen molar-refractivity contribution in [2.45, 2.75) is 11.3 Å². The van der Waals surface area contributed by atoms with Crippen LogP contribution < -0.4 is 5.32 Å². The number of hydrogen-bond donors (Lipinski definition) is 1. The van der Waals surface area contributed by atoms with E-state index in [0.29, 0.717) is 15.9 Å². The number of thioether (sulfide) groups is 1. The average Bonchev–Trinajstić information content (AvgIpc) is 3.01. The molecule has 1 aromatic heterocycles. The summed E-state index contributed by atoms with van der Waals surface area (Å²) < 4.78 is 39.6. The van der Waals surface area contributed by atoms with Crippen molar-refractivity contribution in [3.8, 4) is 11.3 Å². The van der Waals surface area contributed by atoms with Crippen LogP contribution in [0.15, 0.2) is 59.9 Å². The lowest BCUT2D eigenvalue weighted by atomic mass is 10.2. The van der Waals surface area contributed by atoms with Crippen molar-refractivity contribution in [2.24, 2.45) is 7.05 Å². The normalized spacial score (nSPS) is 11.5. The number of amides is 1. The Morgan fingerprint density at radius 1 is 1.14 bits per heavy atom. The molecule has 4 nitrogen and oxygen atoms in total. The number of nitrogens with zero attached hydrogens (tertiary/aromatic N) is 2. The SMILES string of the molecule is Cn1c(-c2ccc(Cl)cc2)cnc1SCC(=O)Nc1ccc(C(F)(F)F)cc1. The number of carbonyl (C=O) groups is 1. The van der Waals surface area contributed by atoms with Gasteiger partial charge in [-0.05, 0) is 42.0 Å². The molecule has 28 heavy (non-hydrogen) atoms. The van der Waals surface area contributed by atoms with Gasteiger partial charge in [-0.15, -0.1) is 0 Å². The fourth-order valence-electron chi connectivity index (χ4n) is 2.49. The highest BCUT2D eigenvalue weighted by atomic mass is 35.5. The Morgan fingerprint density at radius 3 is 2.39 bits per heavy atom. The van der Waals surface area contributed by atoms with Gasteiger partial charge in [0, 0.05) is 17.8 Å². The molecule has 146 valence electrons. The van der Waals surface area contributed by atoms with Gasteiger partial charge in [0.05, 0.1) is 23.2 Å². The van der Waals surface area contributed by atoms with Crippen LogP contribution in [0.3, 0.4) is 0 Å². The minimum atomic E-state index is -4.40. The first-order chi connectivity index (χ1) is 13.2. The molecule has 0 fully saturated rings. The van der Waals surface area contributed by atoms with E-state index in [1.807, 2.05) is 23.7 Å². The molecule has 1 N–H and O–H groups in total. The molecule has 9 heteroatoms. The quantitative estimate of drug-likeness (QED) is 0.550. The molecule has 2 aromatic carbocycles. The van der Waals surface area contributed by atoms with Gasteiger partial charge in [0.15, 0.2) is 5.16 Å². The number of nitrogens with one attached hydrogen (secondary N) is 1. The Balaban J connectivity index is 1.60. The van der Waals surface area contributed by atoms with E-state index >= 15 is 0 Å². The summed E-state index contributed by atoms with van der Waals surface area (Å²) in [6.45, 7) is 0. The second kappa shape index (κ2) is 8.28. The number of alkyl halides is 3. The van der Waals surface area contributed by atoms with E-state index in [1.54, 1.807) is 18.3 Å². The van der Waals surface area contributed by atoms with Crippen molar-refractivity contribution < 1.29 is 18.0 Å². The van der Waals surface area contributed by atoms with Gasteiger partial charge in [-0.3, -0.25) is 4.79 Å². The molecule has 0 unspecified atom stereocenters. The van der Waals surface area contributed by atoms with Crippen molar-refractivity contribution in [2.75, 3.05) is 11.1 Å². The van der Waals surface area contributed by atoms with Gasteiger partial charge in [-0.1, -0.05) is 35.5 Å². The highest BCUT2D eigenvalue weighted by molar-refractivity contribution is 7.99. The monoisotopic (exact) mass is 425 g/mol. The van der Waals surface area contributed by atoms with E-state index in [0.717, 1.165) is 23.4 Å². The molecular weight excluding hydrogens is 411 g/mol. The van der Waals surface area contributed by atoms with E-state index in [9.17, 15) is 18.0 Å². The van der Waals surface area contributed by atoms with Gasteiger partial charge in [0.25, 0.3) is 0 Å². The maximum absolute atomic E-state index is 12.6. The third-order valence-electron chi connectivity index (χ3n) is 3.91. The fraction of sp³-hybridized carbons (Fsp3) is 0.158. The summed E-state index contributed by atoms with van der Waals surface area (Å²) in [4.78, 5) is 16.4. The highest BCUT2D eigenvalue weighted by Gasteiger charge is 2.30. The van der Waals surface area contributed by atoms with Crippen LogP contribution >= 0.6 is 23.4 Å². The molecule has 3 rings (SSSR count). The smallest absolute Gasteiger partial charge is 0.325 e. The lowest BCUT2D eigenvalue weighted by Gasteiger charge is -2.09. The Morgan fingerprint density at radius 2 is 1.79 bits per heavy atom. The van der Waals surface area contributed by atoms with Crippen LogP contribution in [0.4, 0.5) is 18.9 Å². The zero-order valence-electron chi connectivity index (χ0n) is 14.6. The number of benzene rings is 2. The Bertz CT molecular complexity index is 970. The Hall–Kier alpha value is -2.45. The summed E-state index contributed by atoms with van der Waals surface area (Å²) >= 11 is 7.13. The largest absolute Gasteiger partial charge is 0.416 e. The van der Waals surface area contributed by atoms with Crippen molar-refractivity contribution in [1.29, 1.82) is 0 Å². The molecule has 0 aliphatic carbocycles. The third-order valence-corrected chi connectivity index (χ3v) is 5.21. The minimum absolute atomic E-state index is 0.0753. The maximum Gasteiger partial charge on any atom is 0.416 e. The summed E-state index contributed by atoms with van der Waals surface area (Å²) in [6.07, 6.45) is -2.70. The number of aromatic nitrogens is 2. The predicted octanol–water partition coefficient (Wildman–Crippen LogP) is 5.49. The molecular formula is C19H15ClF3N3OS. The zero-order chi connectivity index (χ0) is 20.3. The fourth-order valence-corrected chi connectivity index (χ4v) is 3.36. The molecule has 1 amide bonds. The lowest BCUT2D eigenvalue weighted by molar-refractivity contribution is -0.137. The molecule has 0 saturated carbocycles. The van der Waals surface area contributed by atoms with Gasteiger partial charge in [0.2, 0.25) is 5.91 Å². The van der Waals surface area contributed by atoms with Crippen molar-refractivity contribution in [3.63, 3.8) is 0 Å². The van der Waals surface area contributed by atoms with Crippen LogP contribution in [0.25, 0.3) is 11.3 Å². The molecule has 0 bridgehead atoms. The molecule has 0 atom stereocenters. The van der Waals surface area contributed by atoms with Crippen LogP contribution in [0.1, 0.15) is 5.56 Å². The molecule has 0 aliphatic heterocycles. The second-order valence-electron chi connectivity index (χ2n) is 5.90. The number of halogens is 4. The predicted molar refractivity (Wildman–Crippen MR) is 104 cm³/mol. The van der Waals surface area contributed by atoms with Crippen molar-refractivity contribution in [3.05, 3.63) is 65.3 Å². The second-order valence-corrected chi connectivity index (χ2v) is 7.28. The molecule has 0 aliphatic rings. The number of carbonyl (C=O) groups excluding carboxylic acids is 1. The average molecular weight is 426 g/mol. The minimum Gasteiger partial charge on any atom is -0.325 e. The molecule has 1 heterocycles. The first-order valence-electron chi connectivity index (χ1n) is 8.11. The van der Waals surface area contributed by atoms with Gasteiger partial charge in [-0.2, -0.15) is 13.2 Å². The number of imidazole rings is 1. The number of hydrogen-bond acceptors (Lipinski definition) is 3. The highest BCUT2D eigenvalue weighted by Crippen LogP contribution is 2.30. The van der Waals surface area contributed by atoms with Crippen LogP contribution in [0, 0.1) is 0 Å². The van der Waals surface area contributed by atoms with E-state index in [4.69, 9.17) is 11.6 Å². The summed E-state index contributed by atoms with van der Waals surface area (Å²) in [5.41, 5.74) is 1.37. The maximum atomic E-state index is 12.6.